The summed E-state index contributed by atoms with van der Waals surface area (Å²) in [6.45, 7) is 3.93. The van der Waals surface area contributed by atoms with Crippen LogP contribution >= 0.6 is 23.5 Å². The van der Waals surface area contributed by atoms with Crippen LogP contribution < -0.4 is 20.5 Å². The van der Waals surface area contributed by atoms with E-state index in [0.717, 1.165) is 40.1 Å². The zero-order valence-electron chi connectivity index (χ0n) is 19.1. The highest BCUT2D eigenvalue weighted by molar-refractivity contribution is 7.99. The monoisotopic (exact) mass is 506 g/mol. The summed E-state index contributed by atoms with van der Waals surface area (Å²) in [7, 11) is 1.65. The molecule has 184 valence electrons. The third-order valence-electron chi connectivity index (χ3n) is 4.62. The van der Waals surface area contributed by atoms with Crippen LogP contribution in [0.2, 0.25) is 0 Å². The summed E-state index contributed by atoms with van der Waals surface area (Å²) < 4.78 is 11.2. The fourth-order valence-corrected chi connectivity index (χ4v) is 4.92. The molecule has 5 N–H and O–H groups in total. The average Bonchev–Trinajstić information content (AvgIpc) is 3.03. The third-order valence-corrected chi connectivity index (χ3v) is 7.24. The maximum Gasteiger partial charge on any atom is 0.328 e. The van der Waals surface area contributed by atoms with Gasteiger partial charge in [0.15, 0.2) is 0 Å². The topological polar surface area (TPSA) is 131 Å². The van der Waals surface area contributed by atoms with Gasteiger partial charge in [0, 0.05) is 33.4 Å². The molecule has 8 nitrogen and oxygen atoms in total. The molecule has 2 aromatic rings. The number of rotatable bonds is 9. The molecular weight excluding hydrogens is 476 g/mol. The van der Waals surface area contributed by atoms with Crippen LogP contribution in [0, 0.1) is 5.92 Å². The standard InChI is InChI=1S/C20H26N2O2S2.C4H4O4/c1-14(12-25-19-9-5-7-17(23-2)20(19)21)10-22-15-11-24-16-6-3-4-8-18(16)26-13-15;5-3(6)1-2-4(7)8/h3-9,14-15,22H,10-13,21H2,1-2H3;1-2H,(H,5,6)(H,7,8)/b;2-1-/t14-,15+;/m0./s1. The zero-order chi connectivity index (χ0) is 24.9. The zero-order valence-corrected chi connectivity index (χ0v) is 20.7. The van der Waals surface area contributed by atoms with E-state index in [1.165, 1.54) is 4.90 Å². The van der Waals surface area contributed by atoms with E-state index in [4.69, 9.17) is 25.4 Å². The molecule has 0 fully saturated rings. The Morgan fingerprint density at radius 2 is 1.94 bits per heavy atom. The minimum absolute atomic E-state index is 0.363. The molecule has 0 unspecified atom stereocenters. The van der Waals surface area contributed by atoms with Crippen LogP contribution in [0.5, 0.6) is 11.5 Å². The number of hydrogen-bond acceptors (Lipinski definition) is 8. The van der Waals surface area contributed by atoms with Gasteiger partial charge in [-0.15, -0.1) is 23.5 Å². The number of carbonyl (C=O) groups is 2. The summed E-state index contributed by atoms with van der Waals surface area (Å²) in [6.07, 6.45) is 1.12. The second-order valence-electron chi connectivity index (χ2n) is 7.47. The number of methoxy groups -OCH3 is 1. The molecule has 0 radical (unpaired) electrons. The van der Waals surface area contributed by atoms with Gasteiger partial charge in [0.05, 0.1) is 18.8 Å². The van der Waals surface area contributed by atoms with Crippen LogP contribution in [0.15, 0.2) is 64.4 Å². The van der Waals surface area contributed by atoms with Gasteiger partial charge in [-0.2, -0.15) is 0 Å². The summed E-state index contributed by atoms with van der Waals surface area (Å²) in [4.78, 5) is 21.4. The Kier molecular flexibility index (Phi) is 11.7. The summed E-state index contributed by atoms with van der Waals surface area (Å²) in [6, 6.07) is 14.5. The number of nitrogens with one attached hydrogen (secondary N) is 1. The third kappa shape index (κ3) is 9.58. The molecule has 34 heavy (non-hydrogen) atoms. The number of carboxylic acid groups (broad SMARTS) is 2. The number of hydrogen-bond donors (Lipinski definition) is 4. The highest BCUT2D eigenvalue weighted by Crippen LogP contribution is 2.34. The SMILES string of the molecule is COc1cccc(SC[C@@H](C)CN[C@@H]2COc3ccccc3SC2)c1N.O=C(O)/C=C\C(=O)O. The highest BCUT2D eigenvalue weighted by Gasteiger charge is 2.18. The second kappa shape index (κ2) is 14.4. The van der Waals surface area contributed by atoms with Crippen LogP contribution in [0.4, 0.5) is 5.69 Å². The Hall–Kier alpha value is -2.82. The number of nitrogens with two attached hydrogens (primary N) is 1. The van der Waals surface area contributed by atoms with Gasteiger partial charge < -0.3 is 30.7 Å². The van der Waals surface area contributed by atoms with Crippen molar-refractivity contribution in [3.8, 4) is 11.5 Å². The van der Waals surface area contributed by atoms with Crippen molar-refractivity contribution in [2.45, 2.75) is 22.8 Å². The lowest BCUT2D eigenvalue weighted by atomic mass is 10.2. The van der Waals surface area contributed by atoms with Crippen LogP contribution in [0.25, 0.3) is 0 Å². The lowest BCUT2D eigenvalue weighted by Gasteiger charge is -2.19. The fraction of sp³-hybridized carbons (Fsp3) is 0.333. The summed E-state index contributed by atoms with van der Waals surface area (Å²) >= 11 is 3.65. The molecule has 2 aromatic carbocycles. The van der Waals surface area contributed by atoms with E-state index < -0.39 is 11.9 Å². The Labute approximate surface area is 207 Å². The number of ether oxygens (including phenoxy) is 2. The first-order valence-corrected chi connectivity index (χ1v) is 12.5. The lowest BCUT2D eigenvalue weighted by Crippen LogP contribution is -2.39. The molecule has 0 saturated heterocycles. The van der Waals surface area contributed by atoms with Gasteiger partial charge in [-0.05, 0) is 36.7 Å². The predicted octanol–water partition coefficient (Wildman–Crippen LogP) is 3.86. The number of benzene rings is 2. The van der Waals surface area contributed by atoms with Crippen molar-refractivity contribution in [1.29, 1.82) is 0 Å². The van der Waals surface area contributed by atoms with Crippen molar-refractivity contribution in [3.63, 3.8) is 0 Å². The Morgan fingerprint density at radius 3 is 2.62 bits per heavy atom. The second-order valence-corrected chi connectivity index (χ2v) is 9.60. The van der Waals surface area contributed by atoms with E-state index in [2.05, 4.69) is 30.4 Å². The van der Waals surface area contributed by atoms with Crippen molar-refractivity contribution in [3.05, 3.63) is 54.6 Å². The van der Waals surface area contributed by atoms with Crippen LogP contribution in [0.1, 0.15) is 6.92 Å². The molecule has 0 saturated carbocycles. The number of thioether (sulfide) groups is 2. The maximum absolute atomic E-state index is 9.55. The summed E-state index contributed by atoms with van der Waals surface area (Å²) in [5, 5.41) is 19.3. The number of para-hydroxylation sites is 2. The maximum atomic E-state index is 9.55. The summed E-state index contributed by atoms with van der Waals surface area (Å²) in [5.74, 6) is 1.79. The Bertz CT molecular complexity index is 943. The van der Waals surface area contributed by atoms with E-state index in [-0.39, 0.29) is 0 Å². The predicted molar refractivity (Wildman–Crippen MR) is 136 cm³/mol. The molecule has 2 atom stereocenters. The molecule has 3 rings (SSSR count). The van der Waals surface area contributed by atoms with E-state index in [1.54, 1.807) is 18.9 Å². The first-order chi connectivity index (χ1) is 16.3. The van der Waals surface area contributed by atoms with E-state index >= 15 is 0 Å². The van der Waals surface area contributed by atoms with E-state index in [1.807, 2.05) is 36.0 Å². The van der Waals surface area contributed by atoms with Crippen LogP contribution in [0.3, 0.4) is 0 Å². The number of nitrogen functional groups attached to an aromatic ring is 1. The van der Waals surface area contributed by atoms with Crippen molar-refractivity contribution >= 4 is 41.1 Å². The van der Waals surface area contributed by atoms with Gasteiger partial charge >= 0.3 is 11.9 Å². The number of fused-ring (bicyclic) bond motifs is 1. The lowest BCUT2D eigenvalue weighted by molar-refractivity contribution is -0.134. The Morgan fingerprint density at radius 1 is 1.24 bits per heavy atom. The van der Waals surface area contributed by atoms with E-state index in [0.29, 0.717) is 30.7 Å². The molecule has 0 spiro atoms. The molecule has 0 aliphatic carbocycles. The van der Waals surface area contributed by atoms with Crippen molar-refractivity contribution in [1.82, 2.24) is 5.32 Å². The van der Waals surface area contributed by atoms with Crippen LogP contribution in [-0.4, -0.2) is 60.0 Å². The van der Waals surface area contributed by atoms with Crippen molar-refractivity contribution in [2.75, 3.05) is 37.5 Å². The first-order valence-electron chi connectivity index (χ1n) is 10.6. The molecule has 1 aliphatic rings. The molecular formula is C24H30N2O6S2. The number of anilines is 1. The minimum atomic E-state index is -1.26. The van der Waals surface area contributed by atoms with Crippen LogP contribution in [-0.2, 0) is 9.59 Å². The molecule has 1 aliphatic heterocycles. The van der Waals surface area contributed by atoms with Crippen molar-refractivity contribution < 1.29 is 29.3 Å². The molecule has 0 aromatic heterocycles. The van der Waals surface area contributed by atoms with Gasteiger partial charge in [0.1, 0.15) is 18.1 Å². The quantitative estimate of drug-likeness (QED) is 0.226. The van der Waals surface area contributed by atoms with Gasteiger partial charge in [-0.1, -0.05) is 25.1 Å². The average molecular weight is 507 g/mol. The fourth-order valence-electron chi connectivity index (χ4n) is 2.86. The van der Waals surface area contributed by atoms with Gasteiger partial charge in [-0.25, -0.2) is 9.59 Å². The molecule has 0 amide bonds. The Balaban J connectivity index is 0.000000440. The number of aliphatic carboxylic acids is 2. The van der Waals surface area contributed by atoms with Gasteiger partial charge in [-0.3, -0.25) is 0 Å². The molecule has 0 bridgehead atoms. The van der Waals surface area contributed by atoms with Gasteiger partial charge in [0.2, 0.25) is 0 Å². The van der Waals surface area contributed by atoms with Gasteiger partial charge in [0.25, 0.3) is 0 Å². The normalized spacial score (nSPS) is 15.8. The van der Waals surface area contributed by atoms with Crippen molar-refractivity contribution in [2.24, 2.45) is 5.92 Å². The molecule has 10 heteroatoms. The summed E-state index contributed by atoms with van der Waals surface area (Å²) in [5.41, 5.74) is 6.88. The highest BCUT2D eigenvalue weighted by atomic mass is 32.2. The minimum Gasteiger partial charge on any atom is -0.495 e. The number of carboxylic acids is 2. The smallest absolute Gasteiger partial charge is 0.328 e. The van der Waals surface area contributed by atoms with E-state index in [9.17, 15) is 9.59 Å². The first kappa shape index (κ1) is 27.4. The molecule has 1 heterocycles. The largest absolute Gasteiger partial charge is 0.495 e.